The molecule has 2 aliphatic heterocycles. The third-order valence-electron chi connectivity index (χ3n) is 4.93. The number of Topliss-reactive ketones (excluding diaryl/α,β-unsaturated/α-hetero) is 1. The van der Waals surface area contributed by atoms with Gasteiger partial charge in [0.15, 0.2) is 5.78 Å². The van der Waals surface area contributed by atoms with Crippen molar-refractivity contribution in [3.8, 4) is 0 Å². The third kappa shape index (κ3) is 3.03. The van der Waals surface area contributed by atoms with E-state index in [9.17, 15) is 9.90 Å². The highest BCUT2D eigenvalue weighted by atomic mass is 16.5. The normalized spacial score (nSPS) is 30.3. The van der Waals surface area contributed by atoms with Crippen molar-refractivity contribution in [3.05, 3.63) is 35.9 Å². The number of carbonyl (C=O) groups is 1. The molecule has 21 heavy (non-hydrogen) atoms. The van der Waals surface area contributed by atoms with Crippen LogP contribution in [-0.4, -0.2) is 47.6 Å². The number of piperidine rings is 1. The lowest BCUT2D eigenvalue weighted by Gasteiger charge is -2.37. The SMILES string of the molecule is CN1C2CCC1CC(OC(C(=O)CO)c1ccccc1)C2. The number of benzene rings is 1. The lowest BCUT2D eigenvalue weighted by atomic mass is 9.99. The van der Waals surface area contributed by atoms with Crippen LogP contribution in [0.3, 0.4) is 0 Å². The van der Waals surface area contributed by atoms with E-state index in [2.05, 4.69) is 11.9 Å². The summed E-state index contributed by atoms with van der Waals surface area (Å²) in [4.78, 5) is 14.5. The largest absolute Gasteiger partial charge is 0.388 e. The standard InChI is InChI=1S/C17H23NO3/c1-18-13-7-8-14(18)10-15(9-13)21-17(16(20)11-19)12-5-3-2-4-6-12/h2-6,13-15,17,19H,7-11H2,1H3. The number of ether oxygens (including phenoxy) is 1. The number of rotatable bonds is 5. The topological polar surface area (TPSA) is 49.8 Å². The number of carbonyl (C=O) groups excluding carboxylic acids is 1. The average molecular weight is 289 g/mol. The molecule has 1 aromatic rings. The Labute approximate surface area is 125 Å². The molecule has 4 nitrogen and oxygen atoms in total. The first-order valence-corrected chi connectivity index (χ1v) is 7.75. The lowest BCUT2D eigenvalue weighted by Crippen LogP contribution is -2.43. The maximum absolute atomic E-state index is 12.0. The highest BCUT2D eigenvalue weighted by Crippen LogP contribution is 2.37. The van der Waals surface area contributed by atoms with Gasteiger partial charge in [-0.3, -0.25) is 4.79 Å². The van der Waals surface area contributed by atoms with E-state index in [1.165, 1.54) is 12.8 Å². The van der Waals surface area contributed by atoms with Crippen molar-refractivity contribution in [1.29, 1.82) is 0 Å². The molecule has 1 N–H and O–H groups in total. The Hall–Kier alpha value is -1.23. The summed E-state index contributed by atoms with van der Waals surface area (Å²) in [5.41, 5.74) is 0.836. The summed E-state index contributed by atoms with van der Waals surface area (Å²) in [5.74, 6) is -0.257. The van der Waals surface area contributed by atoms with Crippen LogP contribution in [0.25, 0.3) is 0 Å². The number of ketones is 1. The number of hydrogen-bond acceptors (Lipinski definition) is 4. The van der Waals surface area contributed by atoms with E-state index in [-0.39, 0.29) is 11.9 Å². The van der Waals surface area contributed by atoms with Gasteiger partial charge in [-0.2, -0.15) is 0 Å². The molecule has 3 unspecified atom stereocenters. The molecule has 4 heteroatoms. The fourth-order valence-corrected chi connectivity index (χ4v) is 3.72. The Morgan fingerprint density at radius 1 is 1.29 bits per heavy atom. The molecule has 0 spiro atoms. The van der Waals surface area contributed by atoms with E-state index in [4.69, 9.17) is 4.74 Å². The maximum atomic E-state index is 12.0. The quantitative estimate of drug-likeness (QED) is 0.900. The van der Waals surface area contributed by atoms with E-state index in [1.807, 2.05) is 30.3 Å². The minimum absolute atomic E-state index is 0.111. The summed E-state index contributed by atoms with van der Waals surface area (Å²) in [6.07, 6.45) is 3.89. The summed E-state index contributed by atoms with van der Waals surface area (Å²) in [6, 6.07) is 10.6. The fraction of sp³-hybridized carbons (Fsp3) is 0.588. The predicted molar refractivity (Wildman–Crippen MR) is 80.0 cm³/mol. The molecule has 2 fully saturated rings. The molecule has 0 radical (unpaired) electrons. The molecule has 0 saturated carbocycles. The number of aliphatic hydroxyl groups excluding tert-OH is 1. The molecular formula is C17H23NO3. The second kappa shape index (κ2) is 6.26. The number of fused-ring (bicyclic) bond motifs is 2. The summed E-state index contributed by atoms with van der Waals surface area (Å²) in [6.45, 7) is -0.473. The minimum Gasteiger partial charge on any atom is -0.388 e. The number of hydrogen-bond donors (Lipinski definition) is 1. The molecule has 3 rings (SSSR count). The fourth-order valence-electron chi connectivity index (χ4n) is 3.72. The maximum Gasteiger partial charge on any atom is 0.191 e. The summed E-state index contributed by atoms with van der Waals surface area (Å²) < 4.78 is 6.12. The van der Waals surface area contributed by atoms with Crippen LogP contribution in [-0.2, 0) is 9.53 Å². The zero-order valence-corrected chi connectivity index (χ0v) is 12.4. The van der Waals surface area contributed by atoms with Gasteiger partial charge in [0.1, 0.15) is 12.7 Å². The first kappa shape index (κ1) is 14.7. The van der Waals surface area contributed by atoms with Gasteiger partial charge in [0.2, 0.25) is 0 Å². The molecular weight excluding hydrogens is 266 g/mol. The van der Waals surface area contributed by atoms with Gasteiger partial charge < -0.3 is 14.7 Å². The summed E-state index contributed by atoms with van der Waals surface area (Å²) in [5, 5.41) is 9.22. The lowest BCUT2D eigenvalue weighted by molar-refractivity contribution is -0.141. The molecule has 3 atom stereocenters. The zero-order valence-electron chi connectivity index (χ0n) is 12.4. The Kier molecular flexibility index (Phi) is 4.38. The molecule has 2 heterocycles. The van der Waals surface area contributed by atoms with E-state index in [0.29, 0.717) is 12.1 Å². The summed E-state index contributed by atoms with van der Waals surface area (Å²) >= 11 is 0. The number of aliphatic hydroxyl groups is 1. The Morgan fingerprint density at radius 2 is 1.90 bits per heavy atom. The Morgan fingerprint density at radius 3 is 2.48 bits per heavy atom. The molecule has 0 amide bonds. The Balaban J connectivity index is 1.72. The zero-order chi connectivity index (χ0) is 14.8. The van der Waals surface area contributed by atoms with Crippen LogP contribution >= 0.6 is 0 Å². The average Bonchev–Trinajstić information content (AvgIpc) is 2.75. The summed E-state index contributed by atoms with van der Waals surface area (Å²) in [7, 11) is 2.19. The Bertz CT molecular complexity index is 476. The van der Waals surface area contributed by atoms with Crippen LogP contribution in [0.1, 0.15) is 37.4 Å². The van der Waals surface area contributed by atoms with Gasteiger partial charge in [0, 0.05) is 12.1 Å². The van der Waals surface area contributed by atoms with Crippen LogP contribution in [0.5, 0.6) is 0 Å². The molecule has 0 aliphatic carbocycles. The van der Waals surface area contributed by atoms with Crippen molar-refractivity contribution >= 4 is 5.78 Å². The third-order valence-corrected chi connectivity index (χ3v) is 4.93. The first-order valence-electron chi connectivity index (χ1n) is 7.75. The van der Waals surface area contributed by atoms with E-state index >= 15 is 0 Å². The van der Waals surface area contributed by atoms with Gasteiger partial charge in [0.25, 0.3) is 0 Å². The van der Waals surface area contributed by atoms with Crippen molar-refractivity contribution in [1.82, 2.24) is 4.90 Å². The van der Waals surface area contributed by atoms with Crippen molar-refractivity contribution < 1.29 is 14.6 Å². The molecule has 0 aromatic heterocycles. The van der Waals surface area contributed by atoms with E-state index < -0.39 is 12.7 Å². The van der Waals surface area contributed by atoms with Crippen LogP contribution in [0.2, 0.25) is 0 Å². The van der Waals surface area contributed by atoms with Crippen LogP contribution in [0.4, 0.5) is 0 Å². The van der Waals surface area contributed by atoms with E-state index in [1.54, 1.807) is 0 Å². The highest BCUT2D eigenvalue weighted by Gasteiger charge is 2.40. The van der Waals surface area contributed by atoms with Crippen molar-refractivity contribution in [2.75, 3.05) is 13.7 Å². The highest BCUT2D eigenvalue weighted by molar-refractivity contribution is 5.85. The van der Waals surface area contributed by atoms with Crippen LogP contribution < -0.4 is 0 Å². The molecule has 2 saturated heterocycles. The molecule has 2 aliphatic rings. The molecule has 2 bridgehead atoms. The van der Waals surface area contributed by atoms with Gasteiger partial charge >= 0.3 is 0 Å². The second-order valence-electron chi connectivity index (χ2n) is 6.20. The van der Waals surface area contributed by atoms with Crippen LogP contribution in [0.15, 0.2) is 30.3 Å². The first-order chi connectivity index (χ1) is 10.2. The molecule has 114 valence electrons. The van der Waals surface area contributed by atoms with Crippen molar-refractivity contribution in [3.63, 3.8) is 0 Å². The van der Waals surface area contributed by atoms with Crippen LogP contribution in [0, 0.1) is 0 Å². The van der Waals surface area contributed by atoms with Gasteiger partial charge in [-0.1, -0.05) is 30.3 Å². The van der Waals surface area contributed by atoms with Gasteiger partial charge in [0.05, 0.1) is 6.10 Å². The molecule has 1 aromatic carbocycles. The van der Waals surface area contributed by atoms with E-state index in [0.717, 1.165) is 18.4 Å². The van der Waals surface area contributed by atoms with Gasteiger partial charge in [-0.05, 0) is 38.3 Å². The van der Waals surface area contributed by atoms with Gasteiger partial charge in [-0.15, -0.1) is 0 Å². The van der Waals surface area contributed by atoms with Gasteiger partial charge in [-0.25, -0.2) is 0 Å². The monoisotopic (exact) mass is 289 g/mol. The van der Waals surface area contributed by atoms with Crippen molar-refractivity contribution in [2.45, 2.75) is 50.0 Å². The second-order valence-corrected chi connectivity index (χ2v) is 6.20. The number of nitrogens with zero attached hydrogens (tertiary/aromatic N) is 1. The minimum atomic E-state index is -0.635. The predicted octanol–water partition coefficient (Wildman–Crippen LogP) is 1.93. The van der Waals surface area contributed by atoms with Crippen molar-refractivity contribution in [2.24, 2.45) is 0 Å². The smallest absolute Gasteiger partial charge is 0.191 e.